The van der Waals surface area contributed by atoms with Gasteiger partial charge in [0.2, 0.25) is 0 Å². The van der Waals surface area contributed by atoms with Gasteiger partial charge in [-0.3, -0.25) is 0 Å². The predicted octanol–water partition coefficient (Wildman–Crippen LogP) is 2.47. The molecule has 0 saturated carbocycles. The smallest absolute Gasteiger partial charge is 0.339 e. The number of rotatable bonds is 3. The van der Waals surface area contributed by atoms with Gasteiger partial charge in [-0.15, -0.1) is 12.4 Å². The van der Waals surface area contributed by atoms with Gasteiger partial charge < -0.3 is 14.8 Å². The van der Waals surface area contributed by atoms with Crippen LogP contribution >= 0.6 is 24.0 Å². The van der Waals surface area contributed by atoms with Crippen molar-refractivity contribution in [3.63, 3.8) is 0 Å². The van der Waals surface area contributed by atoms with Gasteiger partial charge in [-0.05, 0) is 31.9 Å². The molecule has 6 nitrogen and oxygen atoms in total. The topological polar surface area (TPSA) is 96.6 Å². The van der Waals surface area contributed by atoms with Crippen molar-refractivity contribution in [1.29, 1.82) is 0 Å². The molecule has 1 saturated heterocycles. The summed E-state index contributed by atoms with van der Waals surface area (Å²) >= 11 is 6.10. The van der Waals surface area contributed by atoms with Crippen LogP contribution < -0.4 is 10.9 Å². The van der Waals surface area contributed by atoms with Crippen LogP contribution in [0.4, 0.5) is 0 Å². The molecule has 0 radical (unpaired) electrons. The van der Waals surface area contributed by atoms with Crippen molar-refractivity contribution in [1.82, 2.24) is 5.32 Å². The highest BCUT2D eigenvalue weighted by Gasteiger charge is 2.28. The van der Waals surface area contributed by atoms with Gasteiger partial charge >= 0.3 is 5.63 Å². The maximum Gasteiger partial charge on any atom is 0.339 e. The normalized spacial score (nSPS) is 19.1. The van der Waals surface area contributed by atoms with Crippen LogP contribution in [-0.2, 0) is 16.4 Å². The Labute approximate surface area is 156 Å². The molecule has 0 amide bonds. The quantitative estimate of drug-likeness (QED) is 0.758. The number of aromatic hydroxyl groups is 1. The van der Waals surface area contributed by atoms with Gasteiger partial charge in [0, 0.05) is 23.5 Å². The molecule has 1 aliphatic rings. The van der Waals surface area contributed by atoms with Gasteiger partial charge in [0.25, 0.3) is 0 Å². The van der Waals surface area contributed by atoms with E-state index in [0.29, 0.717) is 22.9 Å². The molecule has 138 valence electrons. The van der Waals surface area contributed by atoms with E-state index in [1.807, 2.05) is 0 Å². The molecule has 1 aliphatic heterocycles. The molecule has 2 aromatic rings. The maximum absolute atomic E-state index is 12.0. The summed E-state index contributed by atoms with van der Waals surface area (Å²) < 4.78 is 28.4. The van der Waals surface area contributed by atoms with E-state index in [9.17, 15) is 18.3 Å². The second-order valence-electron chi connectivity index (χ2n) is 6.18. The molecule has 0 aliphatic carbocycles. The lowest BCUT2D eigenvalue weighted by Crippen LogP contribution is -2.29. The third-order valence-electron chi connectivity index (χ3n) is 4.57. The van der Waals surface area contributed by atoms with E-state index in [1.54, 1.807) is 19.9 Å². The largest absolute Gasteiger partial charge is 0.506 e. The van der Waals surface area contributed by atoms with Gasteiger partial charge in [-0.1, -0.05) is 11.6 Å². The van der Waals surface area contributed by atoms with Gasteiger partial charge in [0.05, 0.1) is 22.1 Å². The lowest BCUT2D eigenvalue weighted by atomic mass is 10.0. The second kappa shape index (κ2) is 7.15. The zero-order chi connectivity index (χ0) is 17.6. The SMILES string of the molecule is Cc1c(C)c2cc(Cl)c(O)c(CNC3CCS(=O)(=O)C3)c2oc1=O.Cl. The molecule has 1 fully saturated rings. The minimum absolute atomic E-state index is 0. The van der Waals surface area contributed by atoms with Crippen LogP contribution in [0.1, 0.15) is 23.1 Å². The number of aryl methyl sites for hydroxylation is 1. The third-order valence-corrected chi connectivity index (χ3v) is 6.63. The van der Waals surface area contributed by atoms with E-state index in [2.05, 4.69) is 5.32 Å². The monoisotopic (exact) mass is 407 g/mol. The average molecular weight is 408 g/mol. The zero-order valence-electron chi connectivity index (χ0n) is 13.8. The number of halogens is 2. The second-order valence-corrected chi connectivity index (χ2v) is 8.82. The molecule has 1 aromatic carbocycles. The van der Waals surface area contributed by atoms with Crippen molar-refractivity contribution in [2.24, 2.45) is 0 Å². The van der Waals surface area contributed by atoms with Crippen LogP contribution in [0.5, 0.6) is 5.75 Å². The first-order valence-corrected chi connectivity index (χ1v) is 9.77. The van der Waals surface area contributed by atoms with E-state index in [-0.39, 0.29) is 52.9 Å². The number of nitrogens with one attached hydrogen (secondary N) is 1. The van der Waals surface area contributed by atoms with E-state index in [0.717, 1.165) is 5.56 Å². The molecule has 25 heavy (non-hydrogen) atoms. The molecular weight excluding hydrogens is 389 g/mol. The average Bonchev–Trinajstić information content (AvgIpc) is 2.86. The molecular formula is C16H19Cl2NO5S. The van der Waals surface area contributed by atoms with Gasteiger partial charge in [0.1, 0.15) is 11.3 Å². The fraction of sp³-hybridized carbons (Fsp3) is 0.438. The van der Waals surface area contributed by atoms with Crippen LogP contribution in [-0.4, -0.2) is 31.1 Å². The number of sulfone groups is 1. The number of fused-ring (bicyclic) bond motifs is 1. The molecule has 1 unspecified atom stereocenters. The molecule has 3 rings (SSSR count). The number of phenols is 1. The number of benzene rings is 1. The Morgan fingerprint density at radius 2 is 2.04 bits per heavy atom. The lowest BCUT2D eigenvalue weighted by molar-refractivity contribution is 0.455. The summed E-state index contributed by atoms with van der Waals surface area (Å²) in [6, 6.07) is 1.38. The van der Waals surface area contributed by atoms with Crippen molar-refractivity contribution >= 4 is 44.8 Å². The Bertz CT molecular complexity index is 984. The molecule has 0 spiro atoms. The zero-order valence-corrected chi connectivity index (χ0v) is 16.1. The predicted molar refractivity (Wildman–Crippen MR) is 99.8 cm³/mol. The van der Waals surface area contributed by atoms with Crippen LogP contribution in [0, 0.1) is 13.8 Å². The Kier molecular flexibility index (Phi) is 5.73. The Balaban J connectivity index is 0.00000225. The molecule has 9 heteroatoms. The third kappa shape index (κ3) is 3.79. The fourth-order valence-corrected chi connectivity index (χ4v) is 4.89. The van der Waals surface area contributed by atoms with E-state index in [4.69, 9.17) is 16.0 Å². The van der Waals surface area contributed by atoms with Crippen molar-refractivity contribution in [2.75, 3.05) is 11.5 Å². The van der Waals surface area contributed by atoms with Crippen LogP contribution in [0.2, 0.25) is 5.02 Å². The molecule has 2 N–H and O–H groups in total. The summed E-state index contributed by atoms with van der Waals surface area (Å²) in [7, 11) is -3.00. The van der Waals surface area contributed by atoms with Crippen molar-refractivity contribution < 1.29 is 17.9 Å². The summed E-state index contributed by atoms with van der Waals surface area (Å²) in [6.45, 7) is 3.62. The minimum Gasteiger partial charge on any atom is -0.506 e. The standard InChI is InChI=1S/C16H18ClNO5S.ClH/c1-8-9(2)16(20)23-15-11(8)5-13(17)14(19)12(15)6-18-10-3-4-24(21,22)7-10;/h5,10,18-19H,3-4,6-7H2,1-2H3;1H. The molecule has 1 aromatic heterocycles. The van der Waals surface area contributed by atoms with Gasteiger partial charge in [-0.2, -0.15) is 0 Å². The maximum atomic E-state index is 12.0. The first-order chi connectivity index (χ1) is 11.2. The van der Waals surface area contributed by atoms with Crippen molar-refractivity contribution in [3.8, 4) is 5.75 Å². The van der Waals surface area contributed by atoms with Crippen LogP contribution in [0.25, 0.3) is 11.0 Å². The first-order valence-electron chi connectivity index (χ1n) is 7.58. The summed E-state index contributed by atoms with van der Waals surface area (Å²) in [5.41, 5.74) is 1.41. The summed E-state index contributed by atoms with van der Waals surface area (Å²) in [6.07, 6.45) is 0.518. The fourth-order valence-electron chi connectivity index (χ4n) is 2.96. The van der Waals surface area contributed by atoms with Crippen molar-refractivity contribution in [3.05, 3.63) is 38.2 Å². The highest BCUT2D eigenvalue weighted by Crippen LogP contribution is 2.36. The first kappa shape index (κ1) is 20.0. The van der Waals surface area contributed by atoms with Crippen LogP contribution in [0.3, 0.4) is 0 Å². The van der Waals surface area contributed by atoms with E-state index >= 15 is 0 Å². The number of phenolic OH excluding ortho intramolecular Hbond substituents is 1. The summed E-state index contributed by atoms with van der Waals surface area (Å²) in [4.78, 5) is 12.0. The molecule has 2 heterocycles. The van der Waals surface area contributed by atoms with Crippen LogP contribution in [0.15, 0.2) is 15.3 Å². The highest BCUT2D eigenvalue weighted by molar-refractivity contribution is 7.91. The Morgan fingerprint density at radius 1 is 1.36 bits per heavy atom. The van der Waals surface area contributed by atoms with E-state index in [1.165, 1.54) is 0 Å². The Hall–Kier alpha value is -1.28. The number of hydrogen-bond donors (Lipinski definition) is 2. The highest BCUT2D eigenvalue weighted by atomic mass is 35.5. The van der Waals surface area contributed by atoms with Crippen molar-refractivity contribution in [2.45, 2.75) is 32.9 Å². The van der Waals surface area contributed by atoms with Gasteiger partial charge in [-0.25, -0.2) is 13.2 Å². The number of hydrogen-bond acceptors (Lipinski definition) is 6. The summed E-state index contributed by atoms with van der Waals surface area (Å²) in [5, 5.41) is 14.2. The summed E-state index contributed by atoms with van der Waals surface area (Å²) in [5.74, 6) is 0.0539. The Morgan fingerprint density at radius 3 is 2.64 bits per heavy atom. The van der Waals surface area contributed by atoms with Gasteiger partial charge in [0.15, 0.2) is 9.84 Å². The molecule has 0 bridgehead atoms. The molecule has 1 atom stereocenters. The van der Waals surface area contributed by atoms with E-state index < -0.39 is 15.5 Å². The minimum atomic E-state index is -3.00. The lowest BCUT2D eigenvalue weighted by Gasteiger charge is -2.15.